The van der Waals surface area contributed by atoms with E-state index in [2.05, 4.69) is 30.6 Å². The number of nitrogens with one attached hydrogen (secondary N) is 2. The second-order valence-electron chi connectivity index (χ2n) is 6.36. The Morgan fingerprint density at radius 1 is 1.29 bits per heavy atom. The molecule has 0 atom stereocenters. The van der Waals surface area contributed by atoms with Crippen LogP contribution in [0.25, 0.3) is 22.4 Å². The summed E-state index contributed by atoms with van der Waals surface area (Å²) in [5.74, 6) is 0.903. The number of benzene rings is 1. The largest absolute Gasteiger partial charge is 0.339 e. The third kappa shape index (κ3) is 4.01. The molecule has 28 heavy (non-hydrogen) atoms. The molecule has 0 bridgehead atoms. The highest BCUT2D eigenvalue weighted by Gasteiger charge is 2.11. The van der Waals surface area contributed by atoms with Crippen LogP contribution in [0, 0.1) is 6.92 Å². The Hall–Kier alpha value is -3.26. The fourth-order valence-corrected chi connectivity index (χ4v) is 2.91. The lowest BCUT2D eigenvalue weighted by atomic mass is 10.2. The number of carbonyl (C=O) groups excluding carboxylic acids is 1. The molecule has 2 N–H and O–H groups in total. The molecule has 0 aliphatic carbocycles. The van der Waals surface area contributed by atoms with Crippen molar-refractivity contribution >= 4 is 34.2 Å². The number of pyridine rings is 1. The fourth-order valence-electron chi connectivity index (χ4n) is 2.78. The number of H-pyrrole nitrogens is 1. The third-order valence-electron chi connectivity index (χ3n) is 4.25. The number of nitrogens with zero attached hydrogens (tertiary/aromatic N) is 4. The van der Waals surface area contributed by atoms with Gasteiger partial charge in [0, 0.05) is 34.5 Å². The van der Waals surface area contributed by atoms with Gasteiger partial charge in [-0.2, -0.15) is 10.1 Å². The van der Waals surface area contributed by atoms with E-state index in [0.29, 0.717) is 47.3 Å². The molecule has 0 unspecified atom stereocenters. The number of carbonyl (C=O) groups is 1. The molecule has 0 aliphatic heterocycles. The first-order valence-corrected chi connectivity index (χ1v) is 9.15. The maximum atomic E-state index is 12.2. The van der Waals surface area contributed by atoms with E-state index < -0.39 is 0 Å². The van der Waals surface area contributed by atoms with Crippen LogP contribution in [-0.4, -0.2) is 31.2 Å². The quantitative estimate of drug-likeness (QED) is 0.511. The molecule has 9 heteroatoms. The summed E-state index contributed by atoms with van der Waals surface area (Å²) >= 11 is 5.88. The van der Waals surface area contributed by atoms with Crippen molar-refractivity contribution in [3.63, 3.8) is 0 Å². The van der Waals surface area contributed by atoms with Gasteiger partial charge in [-0.15, -0.1) is 0 Å². The zero-order chi connectivity index (χ0) is 19.5. The van der Waals surface area contributed by atoms with Gasteiger partial charge in [-0.1, -0.05) is 16.8 Å². The lowest BCUT2D eigenvalue weighted by Gasteiger charge is -2.04. The van der Waals surface area contributed by atoms with Gasteiger partial charge in [0.2, 0.25) is 17.6 Å². The van der Waals surface area contributed by atoms with E-state index in [4.69, 9.17) is 16.1 Å². The van der Waals surface area contributed by atoms with Gasteiger partial charge in [-0.25, -0.2) is 4.98 Å². The first-order valence-electron chi connectivity index (χ1n) is 8.77. The molecule has 0 radical (unpaired) electrons. The average molecular weight is 397 g/mol. The number of aromatic nitrogens is 5. The number of amides is 1. The van der Waals surface area contributed by atoms with Gasteiger partial charge in [0.1, 0.15) is 0 Å². The van der Waals surface area contributed by atoms with E-state index in [0.717, 1.165) is 16.6 Å². The number of aryl methyl sites for hydroxylation is 2. The highest BCUT2D eigenvalue weighted by atomic mass is 35.5. The lowest BCUT2D eigenvalue weighted by molar-refractivity contribution is -0.116. The summed E-state index contributed by atoms with van der Waals surface area (Å²) in [7, 11) is 0. The molecule has 3 aromatic heterocycles. The van der Waals surface area contributed by atoms with Gasteiger partial charge in [0.15, 0.2) is 5.65 Å². The summed E-state index contributed by atoms with van der Waals surface area (Å²) in [6, 6.07) is 9.06. The maximum Gasteiger partial charge on any atom is 0.226 e. The number of halogens is 1. The Labute approximate surface area is 165 Å². The molecule has 142 valence electrons. The van der Waals surface area contributed by atoms with Crippen molar-refractivity contribution in [2.75, 3.05) is 5.32 Å². The van der Waals surface area contributed by atoms with E-state index in [9.17, 15) is 4.79 Å². The van der Waals surface area contributed by atoms with Crippen LogP contribution < -0.4 is 5.32 Å². The number of hydrogen-bond donors (Lipinski definition) is 2. The Balaban J connectivity index is 1.30. The number of anilines is 1. The molecule has 4 aromatic rings. The molecule has 0 saturated carbocycles. The second kappa shape index (κ2) is 7.77. The van der Waals surface area contributed by atoms with Gasteiger partial charge in [0.25, 0.3) is 0 Å². The Morgan fingerprint density at radius 2 is 2.11 bits per heavy atom. The number of hydrogen-bond acceptors (Lipinski definition) is 6. The predicted octanol–water partition coefficient (Wildman–Crippen LogP) is 3.93. The van der Waals surface area contributed by atoms with Gasteiger partial charge in [-0.3, -0.25) is 9.89 Å². The minimum atomic E-state index is -0.0975. The first kappa shape index (κ1) is 18.1. The van der Waals surface area contributed by atoms with Gasteiger partial charge < -0.3 is 9.84 Å². The van der Waals surface area contributed by atoms with Gasteiger partial charge in [0.05, 0.1) is 11.9 Å². The van der Waals surface area contributed by atoms with Crippen LogP contribution in [0.3, 0.4) is 0 Å². The van der Waals surface area contributed by atoms with E-state index in [1.807, 2.05) is 25.1 Å². The minimum Gasteiger partial charge on any atom is -0.339 e. The topological polar surface area (TPSA) is 110 Å². The van der Waals surface area contributed by atoms with Crippen LogP contribution in [0.5, 0.6) is 0 Å². The summed E-state index contributed by atoms with van der Waals surface area (Å²) in [5.41, 5.74) is 3.01. The normalized spacial score (nSPS) is 11.1. The van der Waals surface area contributed by atoms with Crippen molar-refractivity contribution in [3.8, 4) is 11.4 Å². The molecule has 0 saturated heterocycles. The van der Waals surface area contributed by atoms with Crippen molar-refractivity contribution in [3.05, 3.63) is 53.1 Å². The SMILES string of the molecule is Cc1[nH]nc2ncc(NC(=O)CCCc3nc(-c4ccc(Cl)cc4)no3)cc12. The van der Waals surface area contributed by atoms with Crippen molar-refractivity contribution in [1.29, 1.82) is 0 Å². The highest BCUT2D eigenvalue weighted by molar-refractivity contribution is 6.30. The summed E-state index contributed by atoms with van der Waals surface area (Å²) in [4.78, 5) is 20.8. The second-order valence-corrected chi connectivity index (χ2v) is 6.80. The molecule has 1 amide bonds. The number of aromatic amines is 1. The fraction of sp³-hybridized carbons (Fsp3) is 0.211. The summed E-state index contributed by atoms with van der Waals surface area (Å²) in [5, 5.41) is 15.3. The standard InChI is InChI=1S/C19H17ClN6O2/c1-11-15-9-14(10-21-19(15)25-24-11)22-16(27)3-2-4-17-23-18(26-28-17)12-5-7-13(20)8-6-12/h5-10H,2-4H2,1H3,(H,22,27)(H,21,24,25). The average Bonchev–Trinajstić information content (AvgIpc) is 3.30. The summed E-state index contributed by atoms with van der Waals surface area (Å²) in [6.07, 6.45) is 3.04. The van der Waals surface area contributed by atoms with Gasteiger partial charge in [-0.05, 0) is 43.7 Å². The highest BCUT2D eigenvalue weighted by Crippen LogP contribution is 2.20. The van der Waals surface area contributed by atoms with Crippen molar-refractivity contribution in [1.82, 2.24) is 25.3 Å². The van der Waals surface area contributed by atoms with E-state index >= 15 is 0 Å². The molecule has 0 spiro atoms. The molecule has 4 rings (SSSR count). The molecular formula is C19H17ClN6O2. The van der Waals surface area contributed by atoms with Gasteiger partial charge >= 0.3 is 0 Å². The Kier molecular flexibility index (Phi) is 5.03. The van der Waals surface area contributed by atoms with Crippen LogP contribution in [0.2, 0.25) is 5.02 Å². The molecule has 0 fully saturated rings. The zero-order valence-corrected chi connectivity index (χ0v) is 15.8. The molecule has 1 aromatic carbocycles. The van der Waals surface area contributed by atoms with Crippen LogP contribution >= 0.6 is 11.6 Å². The van der Waals surface area contributed by atoms with E-state index in [1.54, 1.807) is 18.3 Å². The lowest BCUT2D eigenvalue weighted by Crippen LogP contribution is -2.11. The zero-order valence-electron chi connectivity index (χ0n) is 15.1. The van der Waals surface area contributed by atoms with Crippen LogP contribution in [0.15, 0.2) is 41.1 Å². The third-order valence-corrected chi connectivity index (χ3v) is 4.50. The van der Waals surface area contributed by atoms with Crippen LogP contribution in [0.4, 0.5) is 5.69 Å². The number of rotatable bonds is 6. The van der Waals surface area contributed by atoms with Crippen molar-refractivity contribution < 1.29 is 9.32 Å². The Morgan fingerprint density at radius 3 is 2.93 bits per heavy atom. The van der Waals surface area contributed by atoms with Crippen LogP contribution in [-0.2, 0) is 11.2 Å². The number of fused-ring (bicyclic) bond motifs is 1. The summed E-state index contributed by atoms with van der Waals surface area (Å²) in [6.45, 7) is 1.91. The first-order chi connectivity index (χ1) is 13.6. The predicted molar refractivity (Wildman–Crippen MR) is 105 cm³/mol. The van der Waals surface area contributed by atoms with Crippen molar-refractivity contribution in [2.45, 2.75) is 26.2 Å². The molecule has 3 heterocycles. The van der Waals surface area contributed by atoms with E-state index in [1.165, 1.54) is 0 Å². The van der Waals surface area contributed by atoms with Crippen LogP contribution in [0.1, 0.15) is 24.4 Å². The van der Waals surface area contributed by atoms with E-state index in [-0.39, 0.29) is 5.91 Å². The smallest absolute Gasteiger partial charge is 0.226 e. The Bertz CT molecular complexity index is 1120. The van der Waals surface area contributed by atoms with Crippen molar-refractivity contribution in [2.24, 2.45) is 0 Å². The summed E-state index contributed by atoms with van der Waals surface area (Å²) < 4.78 is 5.26. The monoisotopic (exact) mass is 396 g/mol. The molecular weight excluding hydrogens is 380 g/mol. The maximum absolute atomic E-state index is 12.2. The molecule has 0 aliphatic rings. The molecule has 8 nitrogen and oxygen atoms in total. The minimum absolute atomic E-state index is 0.0975.